The van der Waals surface area contributed by atoms with Crippen molar-refractivity contribution in [3.05, 3.63) is 30.1 Å². The largest absolute Gasteiger partial charge is 0.395 e. The first kappa shape index (κ1) is 13.3. The van der Waals surface area contributed by atoms with E-state index in [0.717, 1.165) is 25.2 Å². The molecule has 2 atom stereocenters. The van der Waals surface area contributed by atoms with E-state index in [0.29, 0.717) is 18.5 Å². The van der Waals surface area contributed by atoms with E-state index in [2.05, 4.69) is 17.1 Å². The van der Waals surface area contributed by atoms with Crippen molar-refractivity contribution in [1.29, 1.82) is 0 Å². The van der Waals surface area contributed by atoms with Gasteiger partial charge in [0.05, 0.1) is 6.61 Å². The number of piperidine rings is 1. The fourth-order valence-electron chi connectivity index (χ4n) is 2.65. The Balaban J connectivity index is 2.03. The Kier molecular flexibility index (Phi) is 4.55. The molecule has 1 aromatic rings. The van der Waals surface area contributed by atoms with Gasteiger partial charge in [-0.1, -0.05) is 13.0 Å². The standard InChI is InChI=1S/C14H21FN2O/c1-11-7-13(16-5-6-18)10-17(9-11)14-4-2-3-12(15)8-14/h2-4,8,11,13,16,18H,5-7,9-10H2,1H3. The lowest BCUT2D eigenvalue weighted by Crippen LogP contribution is -2.49. The topological polar surface area (TPSA) is 35.5 Å². The minimum Gasteiger partial charge on any atom is -0.395 e. The summed E-state index contributed by atoms with van der Waals surface area (Å²) in [7, 11) is 0. The van der Waals surface area contributed by atoms with E-state index in [1.54, 1.807) is 12.1 Å². The van der Waals surface area contributed by atoms with Gasteiger partial charge in [0.1, 0.15) is 5.82 Å². The number of halogens is 1. The molecule has 0 amide bonds. The molecule has 0 aromatic heterocycles. The predicted octanol–water partition coefficient (Wildman–Crippen LogP) is 1.62. The number of rotatable bonds is 4. The maximum atomic E-state index is 13.2. The monoisotopic (exact) mass is 252 g/mol. The number of anilines is 1. The van der Waals surface area contributed by atoms with Gasteiger partial charge in [-0.25, -0.2) is 4.39 Å². The smallest absolute Gasteiger partial charge is 0.125 e. The van der Waals surface area contributed by atoms with Crippen LogP contribution in [0, 0.1) is 11.7 Å². The van der Waals surface area contributed by atoms with Crippen molar-refractivity contribution in [2.45, 2.75) is 19.4 Å². The summed E-state index contributed by atoms with van der Waals surface area (Å²) < 4.78 is 13.2. The third kappa shape index (κ3) is 3.43. The molecule has 1 fully saturated rings. The number of hydrogen-bond donors (Lipinski definition) is 2. The zero-order valence-electron chi connectivity index (χ0n) is 10.8. The molecule has 2 rings (SSSR count). The molecule has 100 valence electrons. The Morgan fingerprint density at radius 2 is 2.28 bits per heavy atom. The van der Waals surface area contributed by atoms with Gasteiger partial charge in [-0.05, 0) is 30.5 Å². The zero-order valence-corrected chi connectivity index (χ0v) is 10.8. The van der Waals surface area contributed by atoms with Crippen molar-refractivity contribution in [2.75, 3.05) is 31.1 Å². The van der Waals surface area contributed by atoms with Crippen molar-refractivity contribution < 1.29 is 9.50 Å². The molecule has 0 radical (unpaired) electrons. The lowest BCUT2D eigenvalue weighted by atomic mass is 9.95. The highest BCUT2D eigenvalue weighted by Gasteiger charge is 2.24. The van der Waals surface area contributed by atoms with Gasteiger partial charge in [0.15, 0.2) is 0 Å². The Hall–Kier alpha value is -1.13. The van der Waals surface area contributed by atoms with Gasteiger partial charge < -0.3 is 15.3 Å². The number of nitrogens with zero attached hydrogens (tertiary/aromatic N) is 1. The third-order valence-corrected chi connectivity index (χ3v) is 3.38. The van der Waals surface area contributed by atoms with Crippen LogP contribution in [-0.2, 0) is 0 Å². The minimum absolute atomic E-state index is 0.158. The van der Waals surface area contributed by atoms with E-state index in [1.165, 1.54) is 6.07 Å². The lowest BCUT2D eigenvalue weighted by Gasteiger charge is -2.38. The molecule has 2 unspecified atom stereocenters. The Morgan fingerprint density at radius 1 is 1.44 bits per heavy atom. The normalized spacial score (nSPS) is 24.3. The summed E-state index contributed by atoms with van der Waals surface area (Å²) >= 11 is 0. The van der Waals surface area contributed by atoms with Crippen molar-refractivity contribution >= 4 is 5.69 Å². The fraction of sp³-hybridized carbons (Fsp3) is 0.571. The highest BCUT2D eigenvalue weighted by Crippen LogP contribution is 2.23. The van der Waals surface area contributed by atoms with Crippen molar-refractivity contribution in [1.82, 2.24) is 5.32 Å². The summed E-state index contributed by atoms with van der Waals surface area (Å²) in [5, 5.41) is 12.2. The van der Waals surface area contributed by atoms with Gasteiger partial charge in [0.2, 0.25) is 0 Å². The second-order valence-corrected chi connectivity index (χ2v) is 5.10. The summed E-state index contributed by atoms with van der Waals surface area (Å²) in [5.74, 6) is 0.379. The van der Waals surface area contributed by atoms with Crippen LogP contribution in [0.2, 0.25) is 0 Å². The van der Waals surface area contributed by atoms with Gasteiger partial charge >= 0.3 is 0 Å². The number of benzene rings is 1. The lowest BCUT2D eigenvalue weighted by molar-refractivity contribution is 0.269. The first-order valence-corrected chi connectivity index (χ1v) is 6.54. The SMILES string of the molecule is CC1CC(NCCO)CN(c2cccc(F)c2)C1. The van der Waals surface area contributed by atoms with Crippen LogP contribution in [0.25, 0.3) is 0 Å². The molecule has 0 aliphatic carbocycles. The molecule has 1 aliphatic heterocycles. The van der Waals surface area contributed by atoms with Gasteiger partial charge in [-0.15, -0.1) is 0 Å². The predicted molar refractivity (Wildman–Crippen MR) is 71.3 cm³/mol. The van der Waals surface area contributed by atoms with Gasteiger partial charge in [-0.3, -0.25) is 0 Å². The van der Waals surface area contributed by atoms with Gasteiger partial charge in [0.25, 0.3) is 0 Å². The molecule has 1 heterocycles. The van der Waals surface area contributed by atoms with E-state index in [-0.39, 0.29) is 12.4 Å². The average Bonchev–Trinajstić information content (AvgIpc) is 2.36. The van der Waals surface area contributed by atoms with Crippen LogP contribution in [0.4, 0.5) is 10.1 Å². The van der Waals surface area contributed by atoms with E-state index < -0.39 is 0 Å². The highest BCUT2D eigenvalue weighted by atomic mass is 19.1. The van der Waals surface area contributed by atoms with E-state index in [4.69, 9.17) is 5.11 Å². The molecule has 18 heavy (non-hydrogen) atoms. The summed E-state index contributed by atoms with van der Waals surface area (Å²) in [6, 6.07) is 7.12. The summed E-state index contributed by atoms with van der Waals surface area (Å²) in [4.78, 5) is 2.21. The molecule has 0 spiro atoms. The summed E-state index contributed by atoms with van der Waals surface area (Å²) in [5.41, 5.74) is 0.942. The molecule has 1 aromatic carbocycles. The van der Waals surface area contributed by atoms with Crippen LogP contribution >= 0.6 is 0 Å². The Labute approximate surface area is 108 Å². The molecule has 0 bridgehead atoms. The third-order valence-electron chi connectivity index (χ3n) is 3.38. The summed E-state index contributed by atoms with van der Waals surface area (Å²) in [6.45, 7) is 4.81. The van der Waals surface area contributed by atoms with Crippen molar-refractivity contribution in [3.63, 3.8) is 0 Å². The number of hydrogen-bond acceptors (Lipinski definition) is 3. The zero-order chi connectivity index (χ0) is 13.0. The van der Waals surface area contributed by atoms with E-state index in [9.17, 15) is 4.39 Å². The van der Waals surface area contributed by atoms with Gasteiger partial charge in [0, 0.05) is 31.4 Å². The average molecular weight is 252 g/mol. The molecule has 3 nitrogen and oxygen atoms in total. The number of aliphatic hydroxyl groups is 1. The van der Waals surface area contributed by atoms with E-state index in [1.807, 2.05) is 6.07 Å². The number of aliphatic hydroxyl groups excluding tert-OH is 1. The molecule has 0 saturated carbocycles. The second-order valence-electron chi connectivity index (χ2n) is 5.10. The second kappa shape index (κ2) is 6.16. The maximum absolute atomic E-state index is 13.2. The van der Waals surface area contributed by atoms with Crippen molar-refractivity contribution in [2.24, 2.45) is 5.92 Å². The van der Waals surface area contributed by atoms with Crippen LogP contribution in [0.5, 0.6) is 0 Å². The Bertz CT molecular complexity index is 386. The first-order valence-electron chi connectivity index (χ1n) is 6.54. The maximum Gasteiger partial charge on any atom is 0.125 e. The molecule has 2 N–H and O–H groups in total. The molecular formula is C14H21FN2O. The molecule has 1 aliphatic rings. The van der Waals surface area contributed by atoms with Crippen LogP contribution in [0.3, 0.4) is 0 Å². The first-order chi connectivity index (χ1) is 8.69. The quantitative estimate of drug-likeness (QED) is 0.855. The van der Waals surface area contributed by atoms with Gasteiger partial charge in [-0.2, -0.15) is 0 Å². The van der Waals surface area contributed by atoms with Crippen LogP contribution in [0.15, 0.2) is 24.3 Å². The molecular weight excluding hydrogens is 231 g/mol. The fourth-order valence-corrected chi connectivity index (χ4v) is 2.65. The van der Waals surface area contributed by atoms with Crippen molar-refractivity contribution in [3.8, 4) is 0 Å². The molecule has 4 heteroatoms. The van der Waals surface area contributed by atoms with Crippen LogP contribution in [0.1, 0.15) is 13.3 Å². The van der Waals surface area contributed by atoms with Crippen LogP contribution < -0.4 is 10.2 Å². The summed E-state index contributed by atoms with van der Waals surface area (Å²) in [6.07, 6.45) is 1.10. The molecule has 1 saturated heterocycles. The number of nitrogens with one attached hydrogen (secondary N) is 1. The van der Waals surface area contributed by atoms with Crippen LogP contribution in [-0.4, -0.2) is 37.4 Å². The highest BCUT2D eigenvalue weighted by molar-refractivity contribution is 5.47. The van der Waals surface area contributed by atoms with E-state index >= 15 is 0 Å². The minimum atomic E-state index is -0.189. The Morgan fingerprint density at radius 3 is 3.00 bits per heavy atom.